The summed E-state index contributed by atoms with van der Waals surface area (Å²) in [5.41, 5.74) is 2.42. The van der Waals surface area contributed by atoms with Crippen LogP contribution < -0.4 is 10.1 Å². The molecule has 0 aliphatic rings. The van der Waals surface area contributed by atoms with Crippen LogP contribution in [0.15, 0.2) is 95.9 Å². The number of anilines is 1. The number of thioether (sulfide) groups is 1. The van der Waals surface area contributed by atoms with Gasteiger partial charge in [0, 0.05) is 32.8 Å². The van der Waals surface area contributed by atoms with E-state index in [0.29, 0.717) is 5.56 Å². The third-order valence-electron chi connectivity index (χ3n) is 4.72. The van der Waals surface area contributed by atoms with Gasteiger partial charge in [-0.05, 0) is 41.8 Å². The van der Waals surface area contributed by atoms with Crippen LogP contribution in [-0.2, 0) is 5.75 Å². The predicted octanol–water partition coefficient (Wildman–Crippen LogP) is 6.39. The molecule has 0 radical (unpaired) electrons. The Morgan fingerprint density at radius 1 is 0.897 bits per heavy atom. The van der Waals surface area contributed by atoms with E-state index >= 15 is 0 Å². The molecule has 0 aromatic heterocycles. The molecule has 4 aromatic rings. The lowest BCUT2D eigenvalue weighted by Crippen LogP contribution is -2.12. The van der Waals surface area contributed by atoms with Crippen molar-refractivity contribution in [3.8, 4) is 5.75 Å². The topological polar surface area (TPSA) is 38.3 Å². The van der Waals surface area contributed by atoms with Gasteiger partial charge in [0.1, 0.15) is 5.75 Å². The summed E-state index contributed by atoms with van der Waals surface area (Å²) in [5, 5.41) is 5.18. The van der Waals surface area contributed by atoms with Crippen LogP contribution in [0.25, 0.3) is 10.8 Å². The van der Waals surface area contributed by atoms with Crippen molar-refractivity contribution in [2.45, 2.75) is 10.6 Å². The van der Waals surface area contributed by atoms with E-state index in [1.165, 1.54) is 4.90 Å². The number of hydrogen-bond donors (Lipinski definition) is 1. The highest BCUT2D eigenvalue weighted by Gasteiger charge is 2.12. The SMILES string of the molecule is COc1ccc(C(=O)Nc2cccc3ccccc23)cc1CSc1ccccc1. The Balaban J connectivity index is 1.56. The van der Waals surface area contributed by atoms with E-state index in [1.807, 2.05) is 72.8 Å². The van der Waals surface area contributed by atoms with Crippen LogP contribution in [0.4, 0.5) is 5.69 Å². The molecule has 0 saturated heterocycles. The molecule has 1 N–H and O–H groups in total. The molecule has 4 aromatic carbocycles. The lowest BCUT2D eigenvalue weighted by atomic mass is 10.1. The maximum Gasteiger partial charge on any atom is 0.255 e. The highest BCUT2D eigenvalue weighted by molar-refractivity contribution is 7.98. The van der Waals surface area contributed by atoms with Gasteiger partial charge in [0.25, 0.3) is 5.91 Å². The molecular weight excluding hydrogens is 378 g/mol. The summed E-state index contributed by atoms with van der Waals surface area (Å²) < 4.78 is 5.50. The first kappa shape index (κ1) is 19.1. The largest absolute Gasteiger partial charge is 0.496 e. The number of benzene rings is 4. The quantitative estimate of drug-likeness (QED) is 0.382. The van der Waals surface area contributed by atoms with Crippen molar-refractivity contribution >= 4 is 34.1 Å². The molecule has 0 aliphatic carbocycles. The van der Waals surface area contributed by atoms with Crippen molar-refractivity contribution in [2.24, 2.45) is 0 Å². The fourth-order valence-electron chi connectivity index (χ4n) is 3.24. The molecule has 0 spiro atoms. The normalized spacial score (nSPS) is 10.7. The standard InChI is InChI=1S/C25H21NO2S/c1-28-24-15-14-19(16-20(24)17-29-21-10-3-2-4-11-21)25(27)26-23-13-7-9-18-8-5-6-12-22(18)23/h2-16H,17H2,1H3,(H,26,27). The first-order valence-electron chi connectivity index (χ1n) is 9.38. The van der Waals surface area contributed by atoms with Crippen molar-refractivity contribution < 1.29 is 9.53 Å². The van der Waals surface area contributed by atoms with Gasteiger partial charge in [-0.15, -0.1) is 11.8 Å². The second kappa shape index (κ2) is 8.84. The maximum atomic E-state index is 12.9. The lowest BCUT2D eigenvalue weighted by Gasteiger charge is -2.12. The van der Waals surface area contributed by atoms with Gasteiger partial charge < -0.3 is 10.1 Å². The fraction of sp³-hybridized carbons (Fsp3) is 0.0800. The zero-order chi connectivity index (χ0) is 20.1. The minimum atomic E-state index is -0.130. The number of carbonyl (C=O) groups is 1. The van der Waals surface area contributed by atoms with E-state index < -0.39 is 0 Å². The zero-order valence-corrected chi connectivity index (χ0v) is 16.9. The highest BCUT2D eigenvalue weighted by Crippen LogP contribution is 2.29. The third-order valence-corrected chi connectivity index (χ3v) is 5.78. The van der Waals surface area contributed by atoms with E-state index in [0.717, 1.165) is 33.5 Å². The van der Waals surface area contributed by atoms with Gasteiger partial charge in [-0.2, -0.15) is 0 Å². The summed E-state index contributed by atoms with van der Waals surface area (Å²) in [5.74, 6) is 1.38. The predicted molar refractivity (Wildman–Crippen MR) is 121 cm³/mol. The molecule has 0 unspecified atom stereocenters. The number of carbonyl (C=O) groups excluding carboxylic acids is 1. The van der Waals surface area contributed by atoms with Gasteiger partial charge in [-0.1, -0.05) is 54.6 Å². The van der Waals surface area contributed by atoms with Crippen LogP contribution in [0.2, 0.25) is 0 Å². The number of fused-ring (bicyclic) bond motifs is 1. The first-order valence-corrected chi connectivity index (χ1v) is 10.4. The molecule has 0 atom stereocenters. The van der Waals surface area contributed by atoms with Crippen LogP contribution in [0.1, 0.15) is 15.9 Å². The summed E-state index contributed by atoms with van der Waals surface area (Å²) in [6, 6.07) is 29.7. The van der Waals surface area contributed by atoms with Gasteiger partial charge in [-0.25, -0.2) is 0 Å². The Hall–Kier alpha value is -3.24. The molecule has 0 aliphatic heterocycles. The molecule has 144 valence electrons. The van der Waals surface area contributed by atoms with Crippen molar-refractivity contribution in [1.29, 1.82) is 0 Å². The van der Waals surface area contributed by atoms with Crippen LogP contribution in [0.3, 0.4) is 0 Å². The van der Waals surface area contributed by atoms with Crippen molar-refractivity contribution in [1.82, 2.24) is 0 Å². The Morgan fingerprint density at radius 2 is 1.66 bits per heavy atom. The molecule has 4 heteroatoms. The highest BCUT2D eigenvalue weighted by atomic mass is 32.2. The summed E-state index contributed by atoms with van der Waals surface area (Å²) in [7, 11) is 1.65. The van der Waals surface area contributed by atoms with E-state index in [2.05, 4.69) is 17.4 Å². The van der Waals surface area contributed by atoms with Gasteiger partial charge >= 0.3 is 0 Å². The van der Waals surface area contributed by atoms with Crippen LogP contribution in [-0.4, -0.2) is 13.0 Å². The van der Waals surface area contributed by atoms with Gasteiger partial charge in [0.2, 0.25) is 0 Å². The minimum Gasteiger partial charge on any atom is -0.496 e. The Morgan fingerprint density at radius 3 is 2.48 bits per heavy atom. The third kappa shape index (κ3) is 4.44. The number of rotatable bonds is 6. The molecule has 4 rings (SSSR count). The molecule has 0 fully saturated rings. The molecular formula is C25H21NO2S. The first-order chi connectivity index (χ1) is 14.2. The lowest BCUT2D eigenvalue weighted by molar-refractivity contribution is 0.102. The number of hydrogen-bond acceptors (Lipinski definition) is 3. The number of amides is 1. The molecule has 0 heterocycles. The van der Waals surface area contributed by atoms with E-state index in [1.54, 1.807) is 24.9 Å². The minimum absolute atomic E-state index is 0.130. The van der Waals surface area contributed by atoms with Crippen molar-refractivity contribution in [3.05, 3.63) is 102 Å². The average Bonchev–Trinajstić information content (AvgIpc) is 2.78. The van der Waals surface area contributed by atoms with Gasteiger partial charge in [0.05, 0.1) is 7.11 Å². The van der Waals surface area contributed by atoms with E-state index in [9.17, 15) is 4.79 Å². The summed E-state index contributed by atoms with van der Waals surface area (Å²) in [6.45, 7) is 0. The van der Waals surface area contributed by atoms with Crippen molar-refractivity contribution in [2.75, 3.05) is 12.4 Å². The average molecular weight is 400 g/mol. The smallest absolute Gasteiger partial charge is 0.255 e. The second-order valence-corrected chi connectivity index (χ2v) is 7.66. The molecule has 29 heavy (non-hydrogen) atoms. The van der Waals surface area contributed by atoms with Crippen molar-refractivity contribution in [3.63, 3.8) is 0 Å². The number of methoxy groups -OCH3 is 1. The Kier molecular flexibility index (Phi) is 5.82. The van der Waals surface area contributed by atoms with Crippen LogP contribution >= 0.6 is 11.8 Å². The monoisotopic (exact) mass is 399 g/mol. The fourth-order valence-corrected chi connectivity index (χ4v) is 4.14. The van der Waals surface area contributed by atoms with E-state index in [4.69, 9.17) is 4.74 Å². The summed E-state index contributed by atoms with van der Waals surface area (Å²) in [4.78, 5) is 14.1. The van der Waals surface area contributed by atoms with Crippen LogP contribution in [0.5, 0.6) is 5.75 Å². The summed E-state index contributed by atoms with van der Waals surface area (Å²) >= 11 is 1.72. The molecule has 0 bridgehead atoms. The maximum absolute atomic E-state index is 12.9. The van der Waals surface area contributed by atoms with Crippen LogP contribution in [0, 0.1) is 0 Å². The van der Waals surface area contributed by atoms with Gasteiger partial charge in [-0.3, -0.25) is 4.79 Å². The molecule has 0 saturated carbocycles. The Labute approximate surface area is 174 Å². The van der Waals surface area contributed by atoms with E-state index in [-0.39, 0.29) is 5.91 Å². The summed E-state index contributed by atoms with van der Waals surface area (Å²) in [6.07, 6.45) is 0. The molecule has 3 nitrogen and oxygen atoms in total. The zero-order valence-electron chi connectivity index (χ0n) is 16.1. The Bertz CT molecular complexity index is 1140. The molecule has 1 amide bonds. The second-order valence-electron chi connectivity index (χ2n) is 6.61. The van der Waals surface area contributed by atoms with Gasteiger partial charge in [0.15, 0.2) is 0 Å². The number of ether oxygens (including phenoxy) is 1. The number of nitrogens with one attached hydrogen (secondary N) is 1.